The molecule has 136 valence electrons. The van der Waals surface area contributed by atoms with Crippen LogP contribution in [0.3, 0.4) is 0 Å². The van der Waals surface area contributed by atoms with Crippen LogP contribution in [0.2, 0.25) is 0 Å². The Kier molecular flexibility index (Phi) is 4.11. The molecule has 1 heterocycles. The van der Waals surface area contributed by atoms with Gasteiger partial charge in [0, 0.05) is 24.7 Å². The third-order valence-corrected chi connectivity index (χ3v) is 5.57. The van der Waals surface area contributed by atoms with Gasteiger partial charge in [0.15, 0.2) is 0 Å². The third kappa shape index (κ3) is 2.65. The second-order valence-corrected chi connectivity index (χ2v) is 6.98. The van der Waals surface area contributed by atoms with Gasteiger partial charge in [-0.3, -0.25) is 25.0 Å². The number of Topliss-reactive ketones (excluding diaryl/α,β-unsaturated/α-hetero) is 1. The predicted molar refractivity (Wildman–Crippen MR) is 96.7 cm³/mol. The summed E-state index contributed by atoms with van der Waals surface area (Å²) >= 11 is 0. The molecule has 2 fully saturated rings. The molecule has 1 spiro atoms. The number of amides is 4. The number of carbonyl (C=O) groups is 4. The van der Waals surface area contributed by atoms with Gasteiger partial charge in [0.2, 0.25) is 11.8 Å². The molecule has 1 aliphatic heterocycles. The molecule has 0 aromatic heterocycles. The van der Waals surface area contributed by atoms with Gasteiger partial charge >= 0.3 is 6.03 Å². The fourth-order valence-corrected chi connectivity index (χ4v) is 4.42. The molecule has 0 unspecified atom stereocenters. The Balaban J connectivity index is 1.95. The monoisotopic (exact) mass is 362 g/mol. The molecule has 6 heteroatoms. The van der Waals surface area contributed by atoms with Crippen molar-refractivity contribution in [3.63, 3.8) is 0 Å². The molecule has 1 saturated heterocycles. The molecule has 1 saturated carbocycles. The number of rotatable bonds is 2. The van der Waals surface area contributed by atoms with Crippen molar-refractivity contribution in [1.82, 2.24) is 10.6 Å². The maximum absolute atomic E-state index is 13.2. The van der Waals surface area contributed by atoms with Crippen LogP contribution in [0.1, 0.15) is 35.8 Å². The first kappa shape index (κ1) is 17.1. The normalized spacial score (nSPS) is 24.4. The zero-order valence-electron chi connectivity index (χ0n) is 14.5. The maximum Gasteiger partial charge on any atom is 0.328 e. The number of hydrogen-bond donors (Lipinski definition) is 2. The molecule has 27 heavy (non-hydrogen) atoms. The summed E-state index contributed by atoms with van der Waals surface area (Å²) in [4.78, 5) is 50.7. The average molecular weight is 362 g/mol. The molecule has 2 N–H and O–H groups in total. The van der Waals surface area contributed by atoms with Crippen LogP contribution in [0.25, 0.3) is 0 Å². The number of urea groups is 1. The van der Waals surface area contributed by atoms with Gasteiger partial charge in [-0.05, 0) is 11.1 Å². The lowest BCUT2D eigenvalue weighted by molar-refractivity contribution is -0.151. The van der Waals surface area contributed by atoms with E-state index in [0.717, 1.165) is 11.1 Å². The SMILES string of the molecule is O=C1C[C@H](c2ccccc2)C2(C(=O)NC(=O)NC2=O)[C@H](c2ccccc2)C1. The van der Waals surface area contributed by atoms with Crippen LogP contribution in [-0.4, -0.2) is 23.6 Å². The van der Waals surface area contributed by atoms with Gasteiger partial charge in [-0.1, -0.05) is 60.7 Å². The van der Waals surface area contributed by atoms with Crippen LogP contribution in [0.5, 0.6) is 0 Å². The van der Waals surface area contributed by atoms with E-state index < -0.39 is 35.1 Å². The van der Waals surface area contributed by atoms with Crippen molar-refractivity contribution in [2.45, 2.75) is 24.7 Å². The van der Waals surface area contributed by atoms with Gasteiger partial charge in [-0.2, -0.15) is 0 Å². The fraction of sp³-hybridized carbons (Fsp3) is 0.238. The lowest BCUT2D eigenvalue weighted by Gasteiger charge is -2.48. The second kappa shape index (κ2) is 6.46. The van der Waals surface area contributed by atoms with Crippen LogP contribution in [0.4, 0.5) is 4.79 Å². The van der Waals surface area contributed by atoms with Crippen molar-refractivity contribution in [3.8, 4) is 0 Å². The van der Waals surface area contributed by atoms with Crippen molar-refractivity contribution in [3.05, 3.63) is 71.8 Å². The van der Waals surface area contributed by atoms with Crippen LogP contribution in [0.15, 0.2) is 60.7 Å². The Morgan fingerprint density at radius 1 is 0.667 bits per heavy atom. The largest absolute Gasteiger partial charge is 0.328 e. The molecule has 0 radical (unpaired) electrons. The summed E-state index contributed by atoms with van der Waals surface area (Å²) < 4.78 is 0. The zero-order valence-corrected chi connectivity index (χ0v) is 14.5. The Bertz CT molecular complexity index is 850. The van der Waals surface area contributed by atoms with Crippen molar-refractivity contribution in [2.24, 2.45) is 5.41 Å². The van der Waals surface area contributed by atoms with E-state index in [9.17, 15) is 19.2 Å². The minimum atomic E-state index is -1.56. The van der Waals surface area contributed by atoms with E-state index in [0.29, 0.717) is 0 Å². The zero-order chi connectivity index (χ0) is 19.0. The quantitative estimate of drug-likeness (QED) is 0.802. The standard InChI is InChI=1S/C21H18N2O4/c24-15-11-16(13-7-3-1-4-8-13)21(18(25)22-20(27)23-19(21)26)17(12-15)14-9-5-2-6-10-14/h1-10,16-17H,11-12H2,(H2,22,23,25,26,27)/t16-,17+. The molecule has 2 aromatic carbocycles. The minimum Gasteiger partial charge on any atom is -0.300 e. The highest BCUT2D eigenvalue weighted by Crippen LogP contribution is 2.55. The second-order valence-electron chi connectivity index (χ2n) is 6.98. The highest BCUT2D eigenvalue weighted by atomic mass is 16.2. The Morgan fingerprint density at radius 3 is 1.48 bits per heavy atom. The topological polar surface area (TPSA) is 92.3 Å². The number of barbiturate groups is 1. The predicted octanol–water partition coefficient (Wildman–Crippen LogP) is 2.27. The van der Waals surface area contributed by atoms with E-state index in [2.05, 4.69) is 10.6 Å². The Labute approximate surface area is 156 Å². The first-order valence-electron chi connectivity index (χ1n) is 8.82. The van der Waals surface area contributed by atoms with Crippen LogP contribution < -0.4 is 10.6 Å². The molecular weight excluding hydrogens is 344 g/mol. The summed E-state index contributed by atoms with van der Waals surface area (Å²) in [5, 5.41) is 4.53. The Hall–Kier alpha value is -3.28. The summed E-state index contributed by atoms with van der Waals surface area (Å²) in [6.45, 7) is 0. The molecule has 4 amide bonds. The summed E-state index contributed by atoms with van der Waals surface area (Å²) in [6, 6.07) is 17.3. The van der Waals surface area contributed by atoms with E-state index in [1.807, 2.05) is 60.7 Å². The maximum atomic E-state index is 13.2. The van der Waals surface area contributed by atoms with Crippen LogP contribution >= 0.6 is 0 Å². The minimum absolute atomic E-state index is 0.0131. The summed E-state index contributed by atoms with van der Waals surface area (Å²) in [7, 11) is 0. The molecule has 2 atom stereocenters. The summed E-state index contributed by atoms with van der Waals surface area (Å²) in [6.07, 6.45) is 0.144. The van der Waals surface area contributed by atoms with Crippen LogP contribution in [0, 0.1) is 5.41 Å². The molecular formula is C21H18N2O4. The number of nitrogens with one attached hydrogen (secondary N) is 2. The highest BCUT2D eigenvalue weighted by Gasteiger charge is 2.63. The van der Waals surface area contributed by atoms with Gasteiger partial charge in [-0.15, -0.1) is 0 Å². The first-order chi connectivity index (χ1) is 13.0. The average Bonchev–Trinajstić information content (AvgIpc) is 2.67. The lowest BCUT2D eigenvalue weighted by Crippen LogP contribution is -2.67. The van der Waals surface area contributed by atoms with Crippen LogP contribution in [-0.2, 0) is 14.4 Å². The van der Waals surface area contributed by atoms with Gasteiger partial charge < -0.3 is 0 Å². The number of benzene rings is 2. The molecule has 2 aliphatic rings. The third-order valence-electron chi connectivity index (χ3n) is 5.57. The lowest BCUT2D eigenvalue weighted by atomic mass is 9.54. The van der Waals surface area contributed by atoms with Gasteiger partial charge in [0.05, 0.1) is 0 Å². The first-order valence-corrected chi connectivity index (χ1v) is 8.82. The van der Waals surface area contributed by atoms with Crippen molar-refractivity contribution >= 4 is 23.6 Å². The number of carbonyl (C=O) groups excluding carboxylic acids is 4. The summed E-state index contributed by atoms with van der Waals surface area (Å²) in [5.74, 6) is -2.62. The van der Waals surface area contributed by atoms with Gasteiger partial charge in [-0.25, -0.2) is 4.79 Å². The summed E-state index contributed by atoms with van der Waals surface area (Å²) in [5.41, 5.74) is -0.109. The molecule has 6 nitrogen and oxygen atoms in total. The van der Waals surface area contributed by atoms with E-state index in [-0.39, 0.29) is 18.6 Å². The van der Waals surface area contributed by atoms with E-state index in [4.69, 9.17) is 0 Å². The van der Waals surface area contributed by atoms with Gasteiger partial charge in [0.25, 0.3) is 0 Å². The molecule has 0 bridgehead atoms. The van der Waals surface area contributed by atoms with E-state index in [1.54, 1.807) is 0 Å². The van der Waals surface area contributed by atoms with Gasteiger partial charge in [0.1, 0.15) is 11.2 Å². The number of imide groups is 2. The van der Waals surface area contributed by atoms with Crippen molar-refractivity contribution in [1.29, 1.82) is 0 Å². The smallest absolute Gasteiger partial charge is 0.300 e. The molecule has 4 rings (SSSR count). The highest BCUT2D eigenvalue weighted by molar-refractivity contribution is 6.21. The number of ketones is 1. The Morgan fingerprint density at radius 2 is 1.07 bits per heavy atom. The van der Waals surface area contributed by atoms with E-state index >= 15 is 0 Å². The van der Waals surface area contributed by atoms with E-state index in [1.165, 1.54) is 0 Å². The van der Waals surface area contributed by atoms with Crippen molar-refractivity contribution < 1.29 is 19.2 Å². The fourth-order valence-electron chi connectivity index (χ4n) is 4.42. The molecule has 2 aromatic rings. The number of hydrogen-bond acceptors (Lipinski definition) is 4. The van der Waals surface area contributed by atoms with Crippen molar-refractivity contribution in [2.75, 3.05) is 0 Å². The molecule has 1 aliphatic carbocycles.